The zero-order chi connectivity index (χ0) is 25.3. The van der Waals surface area contributed by atoms with Gasteiger partial charge in [-0.1, -0.05) is 39.6 Å². The maximum Gasteiger partial charge on any atom is 0.435 e. The maximum atomic E-state index is 14.1. The monoisotopic (exact) mass is 527 g/mol. The minimum absolute atomic E-state index is 0.102. The molecule has 1 aliphatic rings. The molecule has 0 aliphatic carbocycles. The molecule has 0 fully saturated rings. The van der Waals surface area contributed by atoms with Gasteiger partial charge in [0.25, 0.3) is 11.5 Å². The van der Waals surface area contributed by atoms with E-state index in [0.717, 1.165) is 37.7 Å². The van der Waals surface area contributed by atoms with Crippen LogP contribution in [0.4, 0.5) is 26.3 Å². The van der Waals surface area contributed by atoms with Gasteiger partial charge in [-0.15, -0.1) is 0 Å². The van der Waals surface area contributed by atoms with E-state index in [0.29, 0.717) is 6.07 Å². The first-order valence-corrected chi connectivity index (χ1v) is 9.90. The molecule has 1 N–H and O–H groups in total. The number of amides is 1. The normalized spacial score (nSPS) is 18.6. The van der Waals surface area contributed by atoms with Crippen molar-refractivity contribution in [1.29, 1.82) is 0 Å². The highest BCUT2D eigenvalue weighted by molar-refractivity contribution is 6.34. The Balaban J connectivity index is 2.02. The number of rotatable bonds is 5. The van der Waals surface area contributed by atoms with Gasteiger partial charge < -0.3 is 15.0 Å². The van der Waals surface area contributed by atoms with Gasteiger partial charge in [0, 0.05) is 27.6 Å². The van der Waals surface area contributed by atoms with E-state index in [9.17, 15) is 31.1 Å². The van der Waals surface area contributed by atoms with Crippen molar-refractivity contribution >= 4 is 41.2 Å². The van der Waals surface area contributed by atoms with Gasteiger partial charge in [-0.3, -0.25) is 4.79 Å². The van der Waals surface area contributed by atoms with Crippen LogP contribution in [0.1, 0.15) is 33.5 Å². The number of hydrogen-bond acceptors (Lipinski definition) is 5. The predicted octanol–water partition coefficient (Wildman–Crippen LogP) is 5.91. The summed E-state index contributed by atoms with van der Waals surface area (Å²) in [6.45, 7) is 0. The Morgan fingerprint density at radius 3 is 2.35 bits per heavy atom. The van der Waals surface area contributed by atoms with Crippen molar-refractivity contribution in [2.75, 3.05) is 7.11 Å². The first-order valence-electron chi connectivity index (χ1n) is 9.14. The van der Waals surface area contributed by atoms with E-state index in [2.05, 4.69) is 15.1 Å². The molecule has 2 aromatic carbocycles. The van der Waals surface area contributed by atoms with Crippen LogP contribution in [0.3, 0.4) is 0 Å². The fourth-order valence-electron chi connectivity index (χ4n) is 3.22. The van der Waals surface area contributed by atoms with Crippen LogP contribution in [0, 0.1) is 0 Å². The fourth-order valence-corrected chi connectivity index (χ4v) is 3.74. The van der Waals surface area contributed by atoms with Crippen molar-refractivity contribution in [3.63, 3.8) is 0 Å². The lowest BCUT2D eigenvalue weighted by Gasteiger charge is -2.29. The number of halogens is 8. The largest absolute Gasteiger partial charge is 0.435 e. The van der Waals surface area contributed by atoms with Crippen LogP contribution < -0.4 is 5.32 Å². The lowest BCUT2D eigenvalue weighted by molar-refractivity contribution is -0.275. The van der Waals surface area contributed by atoms with Crippen LogP contribution in [-0.2, 0) is 21.5 Å². The molecular weight excluding hydrogens is 515 g/mol. The number of carbonyl (C=O) groups is 1. The summed E-state index contributed by atoms with van der Waals surface area (Å²) in [6.07, 6.45) is -10.3. The average Bonchev–Trinajstić information content (AvgIpc) is 3.19. The summed E-state index contributed by atoms with van der Waals surface area (Å²) in [5.74, 6) is -1.16. The quantitative estimate of drug-likeness (QED) is 0.227. The van der Waals surface area contributed by atoms with Crippen LogP contribution in [0.5, 0.6) is 0 Å². The molecular formula is C20H13Cl2F6N3O3. The molecule has 6 nitrogen and oxygen atoms in total. The molecule has 182 valence electrons. The fraction of sp³-hybridized carbons (Fsp3) is 0.250. The van der Waals surface area contributed by atoms with Gasteiger partial charge in [-0.25, -0.2) is 0 Å². The maximum absolute atomic E-state index is 14.1. The summed E-state index contributed by atoms with van der Waals surface area (Å²) in [6, 6.07) is 5.52. The summed E-state index contributed by atoms with van der Waals surface area (Å²) >= 11 is 11.7. The minimum atomic E-state index is -5.03. The van der Waals surface area contributed by atoms with E-state index in [-0.39, 0.29) is 15.6 Å². The highest BCUT2D eigenvalue weighted by Crippen LogP contribution is 2.50. The molecule has 1 atom stereocenters. The van der Waals surface area contributed by atoms with Gasteiger partial charge in [0.2, 0.25) is 0 Å². The molecule has 0 spiro atoms. The number of oxime groups is 2. The number of nitrogens with one attached hydrogen (secondary N) is 1. The molecule has 0 saturated carbocycles. The highest BCUT2D eigenvalue weighted by Gasteiger charge is 2.62. The van der Waals surface area contributed by atoms with Gasteiger partial charge in [-0.2, -0.15) is 26.3 Å². The third-order valence-electron chi connectivity index (χ3n) is 4.77. The molecule has 34 heavy (non-hydrogen) atoms. The van der Waals surface area contributed by atoms with E-state index < -0.39 is 52.7 Å². The molecule has 1 amide bonds. The van der Waals surface area contributed by atoms with E-state index in [1.807, 2.05) is 5.32 Å². The number of nitrogens with zero attached hydrogens (tertiary/aromatic N) is 2. The summed E-state index contributed by atoms with van der Waals surface area (Å²) in [5, 5.41) is 8.39. The SMILES string of the molecule is CON=CNC(=O)c1ccc(C2=NOC(c3cc(Cl)cc(Cl)c3)(C(F)(F)F)C2)cc1C(F)(F)F. The van der Waals surface area contributed by atoms with Gasteiger partial charge in [0.1, 0.15) is 13.4 Å². The number of benzene rings is 2. The molecule has 0 aromatic heterocycles. The Bertz CT molecular complexity index is 1150. The smallest absolute Gasteiger partial charge is 0.398 e. The van der Waals surface area contributed by atoms with Gasteiger partial charge >= 0.3 is 12.4 Å². The number of alkyl halides is 6. The first kappa shape index (κ1) is 25.6. The Kier molecular flexibility index (Phi) is 7.04. The third-order valence-corrected chi connectivity index (χ3v) is 5.21. The van der Waals surface area contributed by atoms with Crippen molar-refractivity contribution in [2.24, 2.45) is 10.3 Å². The van der Waals surface area contributed by atoms with E-state index in [4.69, 9.17) is 28.0 Å². The van der Waals surface area contributed by atoms with Crippen LogP contribution in [0.25, 0.3) is 0 Å². The van der Waals surface area contributed by atoms with Crippen molar-refractivity contribution in [3.8, 4) is 0 Å². The van der Waals surface area contributed by atoms with Crippen LogP contribution >= 0.6 is 23.2 Å². The summed E-state index contributed by atoms with van der Waals surface area (Å²) in [5.41, 5.74) is -6.43. The van der Waals surface area contributed by atoms with E-state index >= 15 is 0 Å². The Labute approximate surface area is 198 Å². The lowest BCUT2D eigenvalue weighted by atomic mass is 9.86. The molecule has 3 rings (SSSR count). The Morgan fingerprint density at radius 1 is 1.15 bits per heavy atom. The highest BCUT2D eigenvalue weighted by atomic mass is 35.5. The minimum Gasteiger partial charge on any atom is -0.398 e. The summed E-state index contributed by atoms with van der Waals surface area (Å²) in [7, 11) is 1.15. The topological polar surface area (TPSA) is 72.3 Å². The standard InChI is InChI=1S/C20H13Cl2F6N3O3/c1-33-30-9-29-17(32)14-3-2-10(4-15(14)19(23,24)25)16-8-18(34-31-16,20(26,27)28)11-5-12(21)7-13(22)6-11/h2-7,9H,8H2,1H3,(H,29,30,32). The van der Waals surface area contributed by atoms with Crippen LogP contribution in [0.2, 0.25) is 10.0 Å². The molecule has 0 bridgehead atoms. The zero-order valence-corrected chi connectivity index (χ0v) is 18.4. The van der Waals surface area contributed by atoms with Gasteiger partial charge in [-0.05, 0) is 30.3 Å². The first-order chi connectivity index (χ1) is 15.8. The second-order valence-corrected chi connectivity index (χ2v) is 7.81. The van der Waals surface area contributed by atoms with Gasteiger partial charge in [0.15, 0.2) is 0 Å². The van der Waals surface area contributed by atoms with Crippen LogP contribution in [0.15, 0.2) is 46.7 Å². The number of carbonyl (C=O) groups excluding carboxylic acids is 1. The van der Waals surface area contributed by atoms with E-state index in [1.165, 1.54) is 6.07 Å². The van der Waals surface area contributed by atoms with E-state index in [1.54, 1.807) is 0 Å². The molecule has 14 heteroatoms. The van der Waals surface area contributed by atoms with Crippen molar-refractivity contribution in [3.05, 3.63) is 68.7 Å². The molecule has 1 heterocycles. The second-order valence-electron chi connectivity index (χ2n) is 6.94. The zero-order valence-electron chi connectivity index (χ0n) is 16.9. The summed E-state index contributed by atoms with van der Waals surface area (Å²) < 4.78 is 83.2. The molecule has 1 unspecified atom stereocenters. The van der Waals surface area contributed by atoms with Crippen LogP contribution in [-0.4, -0.2) is 31.2 Å². The molecule has 0 radical (unpaired) electrons. The molecule has 1 aliphatic heterocycles. The number of hydrogen-bond donors (Lipinski definition) is 1. The molecule has 0 saturated heterocycles. The predicted molar refractivity (Wildman–Crippen MR) is 111 cm³/mol. The lowest BCUT2D eigenvalue weighted by Crippen LogP contribution is -2.42. The van der Waals surface area contributed by atoms with Crippen molar-refractivity contribution in [1.82, 2.24) is 5.32 Å². The Hall–Kier alpha value is -2.99. The summed E-state index contributed by atoms with van der Waals surface area (Å²) in [4.78, 5) is 21.2. The van der Waals surface area contributed by atoms with Gasteiger partial charge in [0.05, 0.1) is 16.8 Å². The second kappa shape index (κ2) is 9.34. The average molecular weight is 528 g/mol. The third kappa shape index (κ3) is 5.07. The van der Waals surface area contributed by atoms with Crippen molar-refractivity contribution in [2.45, 2.75) is 24.4 Å². The van der Waals surface area contributed by atoms with Crippen molar-refractivity contribution < 1.29 is 40.8 Å². The molecule has 2 aromatic rings. The Morgan fingerprint density at radius 2 is 1.79 bits per heavy atom.